The first kappa shape index (κ1) is 13.9. The molecule has 1 unspecified atom stereocenters. The SMILES string of the molecule is CCC(O)c1ccccc1N1CCC2(CCCC2)CC1. The van der Waals surface area contributed by atoms with Crippen molar-refractivity contribution in [2.75, 3.05) is 18.0 Å². The number of para-hydroxylation sites is 1. The van der Waals surface area contributed by atoms with E-state index in [9.17, 15) is 5.11 Å². The van der Waals surface area contributed by atoms with Crippen LogP contribution in [0.1, 0.15) is 63.5 Å². The van der Waals surface area contributed by atoms with Gasteiger partial charge in [-0.1, -0.05) is 38.0 Å². The molecule has 2 aliphatic rings. The minimum Gasteiger partial charge on any atom is -0.388 e. The molecule has 110 valence electrons. The van der Waals surface area contributed by atoms with Crippen LogP contribution in [-0.2, 0) is 0 Å². The Kier molecular flexibility index (Phi) is 4.02. The lowest BCUT2D eigenvalue weighted by molar-refractivity contribution is 0.173. The molecule has 1 saturated carbocycles. The van der Waals surface area contributed by atoms with Crippen molar-refractivity contribution in [1.82, 2.24) is 0 Å². The van der Waals surface area contributed by atoms with Gasteiger partial charge in [0.15, 0.2) is 0 Å². The van der Waals surface area contributed by atoms with Gasteiger partial charge in [-0.2, -0.15) is 0 Å². The fourth-order valence-corrected chi connectivity index (χ4v) is 4.12. The van der Waals surface area contributed by atoms with Crippen LogP contribution in [0.4, 0.5) is 5.69 Å². The van der Waals surface area contributed by atoms with Gasteiger partial charge >= 0.3 is 0 Å². The zero-order chi connectivity index (χ0) is 14.0. The summed E-state index contributed by atoms with van der Waals surface area (Å²) in [7, 11) is 0. The van der Waals surface area contributed by atoms with Gasteiger partial charge in [0.2, 0.25) is 0 Å². The zero-order valence-corrected chi connectivity index (χ0v) is 12.6. The third kappa shape index (κ3) is 2.58. The number of aliphatic hydroxyl groups is 1. The minimum atomic E-state index is -0.325. The molecule has 1 aromatic rings. The van der Waals surface area contributed by atoms with Gasteiger partial charge in [0.25, 0.3) is 0 Å². The highest BCUT2D eigenvalue weighted by atomic mass is 16.3. The van der Waals surface area contributed by atoms with Gasteiger partial charge in [-0.3, -0.25) is 0 Å². The van der Waals surface area contributed by atoms with E-state index in [0.717, 1.165) is 25.1 Å². The van der Waals surface area contributed by atoms with E-state index in [1.54, 1.807) is 0 Å². The number of hydrogen-bond donors (Lipinski definition) is 1. The predicted octanol–water partition coefficient (Wildman–Crippen LogP) is 4.29. The molecule has 0 aromatic heterocycles. The second kappa shape index (κ2) is 5.77. The molecule has 1 aliphatic heterocycles. The summed E-state index contributed by atoms with van der Waals surface area (Å²) < 4.78 is 0. The molecule has 3 rings (SSSR count). The van der Waals surface area contributed by atoms with Crippen LogP contribution >= 0.6 is 0 Å². The molecule has 0 amide bonds. The summed E-state index contributed by atoms with van der Waals surface area (Å²) in [5, 5.41) is 10.2. The quantitative estimate of drug-likeness (QED) is 0.888. The lowest BCUT2D eigenvalue weighted by Gasteiger charge is -2.41. The molecule has 1 heterocycles. The Morgan fingerprint density at radius 3 is 2.40 bits per heavy atom. The van der Waals surface area contributed by atoms with Gasteiger partial charge < -0.3 is 10.0 Å². The molecule has 0 bridgehead atoms. The van der Waals surface area contributed by atoms with Crippen molar-refractivity contribution in [2.45, 2.75) is 58.0 Å². The molecule has 1 spiro atoms. The van der Waals surface area contributed by atoms with E-state index in [4.69, 9.17) is 0 Å². The van der Waals surface area contributed by atoms with E-state index in [2.05, 4.69) is 23.1 Å². The lowest BCUT2D eigenvalue weighted by Crippen LogP contribution is -2.39. The average molecular weight is 273 g/mol. The normalized spacial score (nSPS) is 23.2. The maximum atomic E-state index is 10.2. The van der Waals surface area contributed by atoms with E-state index < -0.39 is 0 Å². The molecule has 1 N–H and O–H groups in total. The van der Waals surface area contributed by atoms with E-state index in [0.29, 0.717) is 5.41 Å². The molecule has 20 heavy (non-hydrogen) atoms. The molecule has 2 heteroatoms. The fourth-order valence-electron chi connectivity index (χ4n) is 4.12. The molecule has 0 radical (unpaired) electrons. The Bertz CT molecular complexity index is 440. The smallest absolute Gasteiger partial charge is 0.0807 e. The van der Waals surface area contributed by atoms with Gasteiger partial charge in [-0.25, -0.2) is 0 Å². The van der Waals surface area contributed by atoms with Crippen LogP contribution < -0.4 is 4.90 Å². The van der Waals surface area contributed by atoms with E-state index in [1.807, 2.05) is 13.0 Å². The van der Waals surface area contributed by atoms with Gasteiger partial charge in [-0.15, -0.1) is 0 Å². The summed E-state index contributed by atoms with van der Waals surface area (Å²) in [4.78, 5) is 2.50. The van der Waals surface area contributed by atoms with Gasteiger partial charge in [0.1, 0.15) is 0 Å². The Balaban J connectivity index is 1.74. The standard InChI is InChI=1S/C18H27NO/c1-2-17(20)15-7-3-4-8-16(15)19-13-11-18(12-14-19)9-5-6-10-18/h3-4,7-8,17,20H,2,5-6,9-14H2,1H3. The number of aliphatic hydroxyl groups excluding tert-OH is 1. The lowest BCUT2D eigenvalue weighted by atomic mass is 9.77. The number of benzene rings is 1. The van der Waals surface area contributed by atoms with Crippen LogP contribution in [0, 0.1) is 5.41 Å². The second-order valence-corrected chi connectivity index (χ2v) is 6.68. The largest absolute Gasteiger partial charge is 0.388 e. The molecule has 1 saturated heterocycles. The summed E-state index contributed by atoms with van der Waals surface area (Å²) in [5.74, 6) is 0. The van der Waals surface area contributed by atoms with Crippen LogP contribution in [-0.4, -0.2) is 18.2 Å². The number of hydrogen-bond acceptors (Lipinski definition) is 2. The zero-order valence-electron chi connectivity index (χ0n) is 12.6. The first-order chi connectivity index (χ1) is 9.74. The molecule has 2 nitrogen and oxygen atoms in total. The third-order valence-electron chi connectivity index (χ3n) is 5.51. The van der Waals surface area contributed by atoms with E-state index in [1.165, 1.54) is 44.2 Å². The number of piperidine rings is 1. The highest BCUT2D eigenvalue weighted by molar-refractivity contribution is 5.55. The van der Waals surface area contributed by atoms with Crippen LogP contribution in [0.2, 0.25) is 0 Å². The predicted molar refractivity (Wildman–Crippen MR) is 84.0 cm³/mol. The molecular weight excluding hydrogens is 246 g/mol. The van der Waals surface area contributed by atoms with Crippen LogP contribution in [0.15, 0.2) is 24.3 Å². The van der Waals surface area contributed by atoms with Crippen molar-refractivity contribution in [3.63, 3.8) is 0 Å². The molecular formula is C18H27NO. The summed E-state index contributed by atoms with van der Waals surface area (Å²) in [6.45, 7) is 4.37. The summed E-state index contributed by atoms with van der Waals surface area (Å²) in [5.41, 5.74) is 3.03. The summed E-state index contributed by atoms with van der Waals surface area (Å²) in [6, 6.07) is 8.41. The first-order valence-corrected chi connectivity index (χ1v) is 8.26. The van der Waals surface area contributed by atoms with Crippen molar-refractivity contribution in [3.05, 3.63) is 29.8 Å². The van der Waals surface area contributed by atoms with Gasteiger partial charge in [0, 0.05) is 24.3 Å². The summed E-state index contributed by atoms with van der Waals surface area (Å²) >= 11 is 0. The Morgan fingerprint density at radius 1 is 1.10 bits per heavy atom. The molecule has 1 aliphatic carbocycles. The van der Waals surface area contributed by atoms with Crippen molar-refractivity contribution < 1.29 is 5.11 Å². The van der Waals surface area contributed by atoms with Crippen LogP contribution in [0.5, 0.6) is 0 Å². The van der Waals surface area contributed by atoms with Gasteiger partial charge in [-0.05, 0) is 43.6 Å². The Labute approximate surface area is 122 Å². The average Bonchev–Trinajstić information content (AvgIpc) is 2.95. The Hall–Kier alpha value is -1.02. The van der Waals surface area contributed by atoms with Crippen molar-refractivity contribution >= 4 is 5.69 Å². The molecule has 1 aromatic carbocycles. The molecule has 1 atom stereocenters. The maximum absolute atomic E-state index is 10.2. The van der Waals surface area contributed by atoms with Crippen LogP contribution in [0.25, 0.3) is 0 Å². The van der Waals surface area contributed by atoms with E-state index in [-0.39, 0.29) is 6.10 Å². The summed E-state index contributed by atoms with van der Waals surface area (Å²) in [6.07, 6.45) is 8.90. The highest BCUT2D eigenvalue weighted by Gasteiger charge is 2.37. The van der Waals surface area contributed by atoms with E-state index >= 15 is 0 Å². The highest BCUT2D eigenvalue weighted by Crippen LogP contribution is 2.47. The van der Waals surface area contributed by atoms with Crippen LogP contribution in [0.3, 0.4) is 0 Å². The van der Waals surface area contributed by atoms with Gasteiger partial charge in [0.05, 0.1) is 6.10 Å². The van der Waals surface area contributed by atoms with Crippen molar-refractivity contribution in [3.8, 4) is 0 Å². The minimum absolute atomic E-state index is 0.325. The topological polar surface area (TPSA) is 23.5 Å². The number of anilines is 1. The van der Waals surface area contributed by atoms with Crippen molar-refractivity contribution in [2.24, 2.45) is 5.41 Å². The monoisotopic (exact) mass is 273 g/mol. The second-order valence-electron chi connectivity index (χ2n) is 6.68. The van der Waals surface area contributed by atoms with Crippen molar-refractivity contribution in [1.29, 1.82) is 0 Å². The number of rotatable bonds is 3. The maximum Gasteiger partial charge on any atom is 0.0807 e. The number of nitrogens with zero attached hydrogens (tertiary/aromatic N) is 1. The Morgan fingerprint density at radius 2 is 1.75 bits per heavy atom. The molecule has 2 fully saturated rings. The third-order valence-corrected chi connectivity index (χ3v) is 5.51. The first-order valence-electron chi connectivity index (χ1n) is 8.26. The fraction of sp³-hybridized carbons (Fsp3) is 0.667.